The highest BCUT2D eigenvalue weighted by atomic mass is 35.5. The first-order valence-corrected chi connectivity index (χ1v) is 9.25. The van der Waals surface area contributed by atoms with Gasteiger partial charge in [-0.05, 0) is 49.1 Å². The van der Waals surface area contributed by atoms with Gasteiger partial charge in [0.15, 0.2) is 5.65 Å². The van der Waals surface area contributed by atoms with Gasteiger partial charge in [-0.3, -0.25) is 13.9 Å². The van der Waals surface area contributed by atoms with Crippen LogP contribution in [0.25, 0.3) is 11.0 Å². The average Bonchev–Trinajstić information content (AvgIpc) is 2.66. The number of pyridine rings is 1. The largest absolute Gasteiger partial charge is 0.384 e. The number of hydrogen-bond acceptors (Lipinski definition) is 4. The van der Waals surface area contributed by atoms with Crippen LogP contribution in [0.15, 0.2) is 58.1 Å². The van der Waals surface area contributed by atoms with Crippen LogP contribution in [0.4, 0.5) is 5.82 Å². The van der Waals surface area contributed by atoms with Crippen molar-refractivity contribution in [1.29, 1.82) is 0 Å². The molecular weight excluding hydrogens is 364 g/mol. The molecule has 6 nitrogen and oxygen atoms in total. The van der Waals surface area contributed by atoms with Gasteiger partial charge in [-0.15, -0.1) is 0 Å². The molecule has 0 fully saturated rings. The maximum Gasteiger partial charge on any atom is 0.333 e. The van der Waals surface area contributed by atoms with Crippen LogP contribution in [0, 0.1) is 0 Å². The van der Waals surface area contributed by atoms with Crippen molar-refractivity contribution >= 4 is 28.5 Å². The van der Waals surface area contributed by atoms with Crippen LogP contribution < -0.4 is 17.0 Å². The summed E-state index contributed by atoms with van der Waals surface area (Å²) in [5, 5.41) is 0.941. The minimum atomic E-state index is -0.387. The molecule has 3 aromatic rings. The zero-order chi connectivity index (χ0) is 19.0. The molecule has 1 atom stereocenters. The van der Waals surface area contributed by atoms with Crippen molar-refractivity contribution in [3.05, 3.63) is 80.0 Å². The maximum atomic E-state index is 13.3. The van der Waals surface area contributed by atoms with E-state index in [1.165, 1.54) is 4.57 Å². The number of aromatic nitrogens is 3. The second kappa shape index (κ2) is 7.04. The minimum absolute atomic E-state index is 0.144. The quantitative estimate of drug-likeness (QED) is 0.705. The molecule has 2 heterocycles. The summed E-state index contributed by atoms with van der Waals surface area (Å²) in [5.41, 5.74) is 6.19. The van der Waals surface area contributed by atoms with Crippen LogP contribution in [-0.4, -0.2) is 14.1 Å². The van der Waals surface area contributed by atoms with Gasteiger partial charge in [0.05, 0.1) is 18.0 Å². The Bertz CT molecular complexity index is 1160. The van der Waals surface area contributed by atoms with Crippen molar-refractivity contribution in [2.45, 2.75) is 31.8 Å². The monoisotopic (exact) mass is 382 g/mol. The maximum absolute atomic E-state index is 13.3. The molecule has 27 heavy (non-hydrogen) atoms. The molecule has 0 aliphatic heterocycles. The second-order valence-corrected chi connectivity index (χ2v) is 7.14. The van der Waals surface area contributed by atoms with Gasteiger partial charge in [0.1, 0.15) is 5.82 Å². The van der Waals surface area contributed by atoms with E-state index >= 15 is 0 Å². The van der Waals surface area contributed by atoms with Crippen LogP contribution in [0.2, 0.25) is 5.02 Å². The fourth-order valence-electron chi connectivity index (χ4n) is 3.53. The Morgan fingerprint density at radius 2 is 2.07 bits per heavy atom. The molecule has 7 heteroatoms. The molecule has 2 aromatic heterocycles. The van der Waals surface area contributed by atoms with E-state index in [2.05, 4.69) is 11.1 Å². The number of halogens is 1. The van der Waals surface area contributed by atoms with Gasteiger partial charge in [0.2, 0.25) is 0 Å². The molecular formula is C20H19ClN4O2. The van der Waals surface area contributed by atoms with Crippen molar-refractivity contribution in [3.8, 4) is 0 Å². The second-order valence-electron chi connectivity index (χ2n) is 6.71. The van der Waals surface area contributed by atoms with Crippen LogP contribution in [0.3, 0.4) is 0 Å². The van der Waals surface area contributed by atoms with E-state index in [9.17, 15) is 9.59 Å². The number of rotatable bonds is 3. The number of nitrogens with zero attached hydrogens (tertiary/aromatic N) is 3. The van der Waals surface area contributed by atoms with E-state index in [1.54, 1.807) is 34.9 Å². The molecule has 0 saturated carbocycles. The Labute approximate surface area is 160 Å². The van der Waals surface area contributed by atoms with Crippen LogP contribution >= 0.6 is 11.6 Å². The number of nitrogens with two attached hydrogens (primary N) is 1. The Hall–Kier alpha value is -2.86. The minimum Gasteiger partial charge on any atom is -0.384 e. The Morgan fingerprint density at radius 3 is 2.81 bits per heavy atom. The molecule has 138 valence electrons. The van der Waals surface area contributed by atoms with Gasteiger partial charge >= 0.3 is 5.69 Å². The summed E-state index contributed by atoms with van der Waals surface area (Å²) in [6, 6.07) is 10.2. The predicted octanol–water partition coefficient (Wildman–Crippen LogP) is 3.12. The summed E-state index contributed by atoms with van der Waals surface area (Å²) >= 11 is 6.05. The third-order valence-corrected chi connectivity index (χ3v) is 5.06. The van der Waals surface area contributed by atoms with Gasteiger partial charge in [0.25, 0.3) is 5.56 Å². The number of allylic oxidation sites excluding steroid dienone is 2. The first kappa shape index (κ1) is 17.5. The zero-order valence-electron chi connectivity index (χ0n) is 14.6. The Balaban J connectivity index is 1.98. The SMILES string of the molecule is Nc1ccc2c(=O)n(Cc3cccc(Cl)c3)c(=O)n(C3C=CCCC3)c2n1. The van der Waals surface area contributed by atoms with Gasteiger partial charge in [-0.2, -0.15) is 0 Å². The molecule has 1 aliphatic carbocycles. The first-order chi connectivity index (χ1) is 13.0. The summed E-state index contributed by atoms with van der Waals surface area (Å²) in [6.45, 7) is 0.148. The number of anilines is 1. The Kier molecular flexibility index (Phi) is 4.58. The van der Waals surface area contributed by atoms with Crippen molar-refractivity contribution in [1.82, 2.24) is 14.1 Å². The van der Waals surface area contributed by atoms with Crippen LogP contribution in [-0.2, 0) is 6.54 Å². The summed E-state index contributed by atoms with van der Waals surface area (Å²) in [7, 11) is 0. The molecule has 1 aromatic carbocycles. The van der Waals surface area contributed by atoms with E-state index in [1.807, 2.05) is 12.1 Å². The normalized spacial score (nSPS) is 16.7. The van der Waals surface area contributed by atoms with E-state index in [0.29, 0.717) is 16.1 Å². The lowest BCUT2D eigenvalue weighted by atomic mass is 10.0. The molecule has 0 saturated heterocycles. The van der Waals surface area contributed by atoms with E-state index in [-0.39, 0.29) is 29.7 Å². The highest BCUT2D eigenvalue weighted by Crippen LogP contribution is 2.23. The highest BCUT2D eigenvalue weighted by Gasteiger charge is 2.21. The molecule has 0 bridgehead atoms. The summed E-state index contributed by atoms with van der Waals surface area (Å²) in [4.78, 5) is 30.6. The molecule has 2 N–H and O–H groups in total. The van der Waals surface area contributed by atoms with Gasteiger partial charge in [-0.1, -0.05) is 35.9 Å². The van der Waals surface area contributed by atoms with Crippen molar-refractivity contribution in [2.24, 2.45) is 0 Å². The first-order valence-electron chi connectivity index (χ1n) is 8.87. The van der Waals surface area contributed by atoms with Crippen LogP contribution in [0.1, 0.15) is 30.9 Å². The summed E-state index contributed by atoms with van der Waals surface area (Å²) < 4.78 is 2.83. The fraction of sp³-hybridized carbons (Fsp3) is 0.250. The van der Waals surface area contributed by atoms with Crippen molar-refractivity contribution in [2.75, 3.05) is 5.73 Å². The van der Waals surface area contributed by atoms with Crippen molar-refractivity contribution < 1.29 is 0 Å². The summed E-state index contributed by atoms with van der Waals surface area (Å²) in [5.74, 6) is 0.280. The zero-order valence-corrected chi connectivity index (χ0v) is 15.4. The van der Waals surface area contributed by atoms with E-state index < -0.39 is 0 Å². The lowest BCUT2D eigenvalue weighted by molar-refractivity contribution is 0.487. The van der Waals surface area contributed by atoms with Gasteiger partial charge in [0, 0.05) is 5.02 Å². The smallest absolute Gasteiger partial charge is 0.333 e. The van der Waals surface area contributed by atoms with E-state index in [0.717, 1.165) is 24.8 Å². The fourth-order valence-corrected chi connectivity index (χ4v) is 3.75. The highest BCUT2D eigenvalue weighted by molar-refractivity contribution is 6.30. The molecule has 4 rings (SSSR count). The van der Waals surface area contributed by atoms with Crippen LogP contribution in [0.5, 0.6) is 0 Å². The van der Waals surface area contributed by atoms with E-state index in [4.69, 9.17) is 17.3 Å². The lowest BCUT2D eigenvalue weighted by Crippen LogP contribution is -2.42. The molecule has 0 spiro atoms. The molecule has 0 amide bonds. The number of fused-ring (bicyclic) bond motifs is 1. The number of benzene rings is 1. The molecule has 0 radical (unpaired) electrons. The lowest BCUT2D eigenvalue weighted by Gasteiger charge is -2.22. The molecule has 1 aliphatic rings. The summed E-state index contributed by atoms with van der Waals surface area (Å²) in [6.07, 6.45) is 6.84. The number of nitrogen functional groups attached to an aromatic ring is 1. The standard InChI is InChI=1S/C20H19ClN4O2/c21-14-6-4-5-13(11-14)12-24-19(26)16-9-10-17(22)23-18(16)25(20(24)27)15-7-2-1-3-8-15/h2,4-7,9-11,15H,1,3,8,12H2,(H2,22,23). The third kappa shape index (κ3) is 3.28. The number of hydrogen-bond donors (Lipinski definition) is 1. The molecule has 1 unspecified atom stereocenters. The Morgan fingerprint density at radius 1 is 1.22 bits per heavy atom. The van der Waals surface area contributed by atoms with Crippen molar-refractivity contribution in [3.63, 3.8) is 0 Å². The third-order valence-electron chi connectivity index (χ3n) is 4.83. The van der Waals surface area contributed by atoms with Gasteiger partial charge in [-0.25, -0.2) is 9.78 Å². The topological polar surface area (TPSA) is 82.9 Å². The average molecular weight is 383 g/mol. The predicted molar refractivity (Wildman–Crippen MR) is 107 cm³/mol. The van der Waals surface area contributed by atoms with Gasteiger partial charge < -0.3 is 5.73 Å².